The van der Waals surface area contributed by atoms with Gasteiger partial charge in [-0.2, -0.15) is 5.26 Å². The Kier molecular flexibility index (Phi) is 3.49. The van der Waals surface area contributed by atoms with Crippen LogP contribution in [0.5, 0.6) is 0 Å². The van der Waals surface area contributed by atoms with E-state index >= 15 is 0 Å². The van der Waals surface area contributed by atoms with Crippen molar-refractivity contribution in [3.63, 3.8) is 0 Å². The predicted octanol–water partition coefficient (Wildman–Crippen LogP) is 2.06. The molecule has 19 heavy (non-hydrogen) atoms. The molecule has 2 aromatic rings. The van der Waals surface area contributed by atoms with Gasteiger partial charge in [-0.15, -0.1) is 0 Å². The molecule has 0 saturated heterocycles. The van der Waals surface area contributed by atoms with Crippen molar-refractivity contribution in [3.8, 4) is 6.07 Å². The van der Waals surface area contributed by atoms with Crippen LogP contribution in [-0.2, 0) is 10.0 Å². The van der Waals surface area contributed by atoms with Crippen LogP contribution in [0.15, 0.2) is 47.5 Å². The Hall–Kier alpha value is -2.39. The van der Waals surface area contributed by atoms with E-state index in [1.807, 2.05) is 13.0 Å². The lowest BCUT2D eigenvalue weighted by molar-refractivity contribution is 0.600. The van der Waals surface area contributed by atoms with Gasteiger partial charge in [0.05, 0.1) is 0 Å². The molecule has 0 saturated carbocycles. The fourth-order valence-electron chi connectivity index (χ4n) is 1.61. The molecule has 0 amide bonds. The van der Waals surface area contributed by atoms with E-state index in [2.05, 4.69) is 9.71 Å². The van der Waals surface area contributed by atoms with Crippen LogP contribution in [0, 0.1) is 18.3 Å². The second-order valence-corrected chi connectivity index (χ2v) is 5.59. The largest absolute Gasteiger partial charge is 0.280 e. The molecule has 0 aliphatic rings. The minimum absolute atomic E-state index is 0.123. The molecule has 0 fully saturated rings. The fourth-order valence-corrected chi connectivity index (χ4v) is 2.77. The Bertz CT molecular complexity index is 748. The van der Waals surface area contributed by atoms with E-state index in [4.69, 9.17) is 5.26 Å². The Labute approximate surface area is 111 Å². The van der Waals surface area contributed by atoms with E-state index in [0.29, 0.717) is 5.69 Å². The summed E-state index contributed by atoms with van der Waals surface area (Å²) < 4.78 is 26.8. The van der Waals surface area contributed by atoms with Crippen LogP contribution < -0.4 is 4.72 Å². The van der Waals surface area contributed by atoms with Crippen molar-refractivity contribution in [2.45, 2.75) is 11.8 Å². The summed E-state index contributed by atoms with van der Waals surface area (Å²) in [5, 5.41) is 8.89. The van der Waals surface area contributed by atoms with Gasteiger partial charge in [0, 0.05) is 11.9 Å². The topological polar surface area (TPSA) is 82.8 Å². The summed E-state index contributed by atoms with van der Waals surface area (Å²) in [5.74, 6) is 0. The highest BCUT2D eigenvalue weighted by Crippen LogP contribution is 2.18. The van der Waals surface area contributed by atoms with Crippen LogP contribution in [0.3, 0.4) is 0 Å². The number of hydrogen-bond donors (Lipinski definition) is 1. The Morgan fingerprint density at radius 3 is 2.74 bits per heavy atom. The van der Waals surface area contributed by atoms with Crippen molar-refractivity contribution in [1.82, 2.24) is 4.98 Å². The van der Waals surface area contributed by atoms with Gasteiger partial charge in [0.15, 0.2) is 5.69 Å². The summed E-state index contributed by atoms with van der Waals surface area (Å²) in [5.41, 5.74) is 1.27. The maximum atomic E-state index is 12.2. The van der Waals surface area contributed by atoms with E-state index in [1.54, 1.807) is 24.3 Å². The monoisotopic (exact) mass is 273 g/mol. The van der Waals surface area contributed by atoms with Gasteiger partial charge in [-0.3, -0.25) is 4.72 Å². The van der Waals surface area contributed by atoms with Crippen LogP contribution in [0.1, 0.15) is 11.3 Å². The number of benzene rings is 1. The first kappa shape index (κ1) is 13.1. The second kappa shape index (κ2) is 5.08. The van der Waals surface area contributed by atoms with Gasteiger partial charge in [-0.25, -0.2) is 13.4 Å². The van der Waals surface area contributed by atoms with Crippen molar-refractivity contribution in [3.05, 3.63) is 53.9 Å². The molecule has 0 spiro atoms. The van der Waals surface area contributed by atoms with E-state index in [9.17, 15) is 8.42 Å². The van der Waals surface area contributed by atoms with Gasteiger partial charge in [-0.05, 0) is 36.8 Å². The highest BCUT2D eigenvalue weighted by Gasteiger charge is 2.19. The van der Waals surface area contributed by atoms with E-state index in [0.717, 1.165) is 5.56 Å². The van der Waals surface area contributed by atoms with E-state index in [-0.39, 0.29) is 10.6 Å². The first-order valence-electron chi connectivity index (χ1n) is 5.47. The van der Waals surface area contributed by atoms with Gasteiger partial charge in [0.25, 0.3) is 10.0 Å². The number of aromatic nitrogens is 1. The summed E-state index contributed by atoms with van der Waals surface area (Å²) >= 11 is 0. The van der Waals surface area contributed by atoms with Crippen LogP contribution >= 0.6 is 0 Å². The standard InChI is InChI=1S/C13H11N3O2S/c1-10-4-2-5-11(8-10)16-19(17,18)13-6-3-7-15-12(13)9-14/h2-8,16H,1H3. The Morgan fingerprint density at radius 2 is 2.05 bits per heavy atom. The third-order valence-corrected chi connectivity index (χ3v) is 3.85. The molecule has 0 unspecified atom stereocenters. The van der Waals surface area contributed by atoms with E-state index in [1.165, 1.54) is 18.3 Å². The molecule has 1 N–H and O–H groups in total. The molecule has 2 rings (SSSR count). The molecule has 6 heteroatoms. The van der Waals surface area contributed by atoms with Crippen LogP contribution in [-0.4, -0.2) is 13.4 Å². The number of rotatable bonds is 3. The van der Waals surface area contributed by atoms with Gasteiger partial charge in [0.1, 0.15) is 11.0 Å². The molecule has 1 aromatic carbocycles. The predicted molar refractivity (Wildman–Crippen MR) is 70.9 cm³/mol. The Balaban J connectivity index is 2.41. The van der Waals surface area contributed by atoms with Gasteiger partial charge < -0.3 is 0 Å². The molecule has 96 valence electrons. The quantitative estimate of drug-likeness (QED) is 0.927. The minimum Gasteiger partial charge on any atom is -0.280 e. The Morgan fingerprint density at radius 1 is 1.26 bits per heavy atom. The summed E-state index contributed by atoms with van der Waals surface area (Å²) in [6.07, 6.45) is 1.38. The summed E-state index contributed by atoms with van der Waals surface area (Å²) in [4.78, 5) is 3.62. The average molecular weight is 273 g/mol. The first-order chi connectivity index (χ1) is 9.03. The highest BCUT2D eigenvalue weighted by molar-refractivity contribution is 7.92. The van der Waals surface area contributed by atoms with Crippen molar-refractivity contribution >= 4 is 15.7 Å². The number of sulfonamides is 1. The van der Waals surface area contributed by atoms with Gasteiger partial charge in [0.2, 0.25) is 0 Å². The van der Waals surface area contributed by atoms with Crippen LogP contribution in [0.4, 0.5) is 5.69 Å². The lowest BCUT2D eigenvalue weighted by atomic mass is 10.2. The third-order valence-electron chi connectivity index (χ3n) is 2.44. The molecule has 0 atom stereocenters. The highest BCUT2D eigenvalue weighted by atomic mass is 32.2. The SMILES string of the molecule is Cc1cccc(NS(=O)(=O)c2cccnc2C#N)c1. The lowest BCUT2D eigenvalue weighted by Crippen LogP contribution is -2.15. The third kappa shape index (κ3) is 2.89. The molecule has 5 nitrogen and oxygen atoms in total. The number of pyridine rings is 1. The van der Waals surface area contributed by atoms with Crippen molar-refractivity contribution in [1.29, 1.82) is 5.26 Å². The lowest BCUT2D eigenvalue weighted by Gasteiger charge is -2.09. The van der Waals surface area contributed by atoms with Crippen LogP contribution in [0.25, 0.3) is 0 Å². The fraction of sp³-hybridized carbons (Fsp3) is 0.0769. The van der Waals surface area contributed by atoms with Crippen molar-refractivity contribution in [2.75, 3.05) is 4.72 Å². The van der Waals surface area contributed by atoms with Crippen molar-refractivity contribution < 1.29 is 8.42 Å². The molecule has 0 aliphatic heterocycles. The molecule has 1 aromatic heterocycles. The average Bonchev–Trinajstić information content (AvgIpc) is 2.38. The number of nitrogens with zero attached hydrogens (tertiary/aromatic N) is 2. The summed E-state index contributed by atoms with van der Waals surface area (Å²) in [6.45, 7) is 1.86. The molecular weight excluding hydrogens is 262 g/mol. The van der Waals surface area contributed by atoms with E-state index < -0.39 is 10.0 Å². The normalized spacial score (nSPS) is 10.7. The zero-order chi connectivity index (χ0) is 13.9. The summed E-state index contributed by atoms with van der Waals surface area (Å²) in [6, 6.07) is 11.6. The van der Waals surface area contributed by atoms with Crippen LogP contribution in [0.2, 0.25) is 0 Å². The number of aryl methyl sites for hydroxylation is 1. The minimum atomic E-state index is -3.81. The molecular formula is C13H11N3O2S. The zero-order valence-electron chi connectivity index (χ0n) is 10.2. The molecule has 0 radical (unpaired) electrons. The van der Waals surface area contributed by atoms with Gasteiger partial charge >= 0.3 is 0 Å². The van der Waals surface area contributed by atoms with Crippen molar-refractivity contribution in [2.24, 2.45) is 0 Å². The maximum Gasteiger partial charge on any atom is 0.264 e. The number of anilines is 1. The second-order valence-electron chi connectivity index (χ2n) is 3.94. The number of nitrogens with one attached hydrogen (secondary N) is 1. The maximum absolute atomic E-state index is 12.2. The molecule has 1 heterocycles. The van der Waals surface area contributed by atoms with Gasteiger partial charge in [-0.1, -0.05) is 12.1 Å². The molecule has 0 aliphatic carbocycles. The summed E-state index contributed by atoms with van der Waals surface area (Å²) in [7, 11) is -3.81. The number of nitriles is 1. The molecule has 0 bridgehead atoms. The number of hydrogen-bond acceptors (Lipinski definition) is 4. The zero-order valence-corrected chi connectivity index (χ0v) is 11.0. The first-order valence-corrected chi connectivity index (χ1v) is 6.96. The smallest absolute Gasteiger partial charge is 0.264 e.